The van der Waals surface area contributed by atoms with E-state index in [4.69, 9.17) is 4.52 Å². The number of pyridine rings is 1. The molecule has 2 aromatic heterocycles. The Bertz CT molecular complexity index is 972. The number of para-hydroxylation sites is 1. The molecule has 0 saturated carbocycles. The van der Waals surface area contributed by atoms with Crippen molar-refractivity contribution in [1.29, 1.82) is 0 Å². The largest absolute Gasteiger partial charge is 0.351 e. The van der Waals surface area contributed by atoms with Crippen molar-refractivity contribution in [2.45, 2.75) is 20.3 Å². The summed E-state index contributed by atoms with van der Waals surface area (Å²) in [6.07, 6.45) is 0.439. The van der Waals surface area contributed by atoms with Gasteiger partial charge in [-0.1, -0.05) is 23.4 Å². The predicted octanol–water partition coefficient (Wildman–Crippen LogP) is 1.51. The molecule has 124 valence electrons. The maximum Gasteiger partial charge on any atom is 0.254 e. The molecule has 0 bridgehead atoms. The molecule has 0 spiro atoms. The van der Waals surface area contributed by atoms with Gasteiger partial charge in [0.25, 0.3) is 11.5 Å². The van der Waals surface area contributed by atoms with Crippen LogP contribution < -0.4 is 10.9 Å². The zero-order valence-electron chi connectivity index (χ0n) is 13.8. The molecule has 0 aliphatic rings. The Balaban J connectivity index is 1.88. The maximum atomic E-state index is 12.6. The number of fused-ring (bicyclic) bond motifs is 1. The standard InChI is InChI=1S/C17H18N4O3/c1-10-15(12-6-4-5-7-13(12)21(3)17(10)23)16(22)18-9-8-14-19-11(2)20-24-14/h4-7H,8-9H2,1-3H3,(H,18,22). The molecule has 0 atom stereocenters. The zero-order chi connectivity index (χ0) is 17.3. The van der Waals surface area contributed by atoms with E-state index in [9.17, 15) is 9.59 Å². The highest BCUT2D eigenvalue weighted by Crippen LogP contribution is 2.19. The Kier molecular flexibility index (Phi) is 4.16. The van der Waals surface area contributed by atoms with Crippen LogP contribution in [0.1, 0.15) is 27.6 Å². The first-order valence-corrected chi connectivity index (χ1v) is 7.64. The smallest absolute Gasteiger partial charge is 0.254 e. The third-order valence-corrected chi connectivity index (χ3v) is 3.96. The fourth-order valence-corrected chi connectivity index (χ4v) is 2.75. The monoisotopic (exact) mass is 326 g/mol. The molecule has 1 aromatic carbocycles. The molecule has 2 heterocycles. The normalized spacial score (nSPS) is 11.0. The molecular formula is C17H18N4O3. The van der Waals surface area contributed by atoms with Gasteiger partial charge in [-0.2, -0.15) is 4.98 Å². The highest BCUT2D eigenvalue weighted by atomic mass is 16.5. The number of aryl methyl sites for hydroxylation is 2. The lowest BCUT2D eigenvalue weighted by molar-refractivity contribution is 0.0954. The molecule has 7 nitrogen and oxygen atoms in total. The number of rotatable bonds is 4. The van der Waals surface area contributed by atoms with Crippen LogP contribution >= 0.6 is 0 Å². The summed E-state index contributed by atoms with van der Waals surface area (Å²) in [5.74, 6) is 0.751. The van der Waals surface area contributed by atoms with Crippen molar-refractivity contribution >= 4 is 16.8 Å². The number of hydrogen-bond acceptors (Lipinski definition) is 5. The van der Waals surface area contributed by atoms with Gasteiger partial charge in [0, 0.05) is 31.0 Å². The van der Waals surface area contributed by atoms with Crippen molar-refractivity contribution in [2.75, 3.05) is 6.54 Å². The zero-order valence-corrected chi connectivity index (χ0v) is 13.8. The third kappa shape index (κ3) is 2.80. The lowest BCUT2D eigenvalue weighted by Crippen LogP contribution is -2.30. The number of carbonyl (C=O) groups is 1. The van der Waals surface area contributed by atoms with Gasteiger partial charge in [0.2, 0.25) is 5.89 Å². The Morgan fingerprint density at radius 2 is 2.04 bits per heavy atom. The second kappa shape index (κ2) is 6.27. The first kappa shape index (κ1) is 15.9. The minimum Gasteiger partial charge on any atom is -0.351 e. The maximum absolute atomic E-state index is 12.6. The number of carbonyl (C=O) groups excluding carboxylic acids is 1. The number of amides is 1. The van der Waals surface area contributed by atoms with Gasteiger partial charge in [-0.15, -0.1) is 0 Å². The third-order valence-electron chi connectivity index (χ3n) is 3.96. The van der Waals surface area contributed by atoms with Crippen molar-refractivity contribution in [3.05, 3.63) is 57.5 Å². The van der Waals surface area contributed by atoms with Crippen LogP contribution in [-0.2, 0) is 13.5 Å². The fourth-order valence-electron chi connectivity index (χ4n) is 2.75. The van der Waals surface area contributed by atoms with E-state index in [1.807, 2.05) is 24.3 Å². The molecule has 0 saturated heterocycles. The first-order valence-electron chi connectivity index (χ1n) is 7.64. The van der Waals surface area contributed by atoms with Crippen LogP contribution in [0.5, 0.6) is 0 Å². The highest BCUT2D eigenvalue weighted by molar-refractivity contribution is 6.07. The number of nitrogens with one attached hydrogen (secondary N) is 1. The number of nitrogens with zero attached hydrogens (tertiary/aromatic N) is 3. The molecule has 1 amide bonds. The quantitative estimate of drug-likeness (QED) is 0.785. The summed E-state index contributed by atoms with van der Waals surface area (Å²) < 4.78 is 6.57. The molecule has 0 aliphatic heterocycles. The summed E-state index contributed by atoms with van der Waals surface area (Å²) in [5.41, 5.74) is 1.40. The lowest BCUT2D eigenvalue weighted by atomic mass is 10.0. The minimum atomic E-state index is -0.280. The van der Waals surface area contributed by atoms with Crippen molar-refractivity contribution in [1.82, 2.24) is 20.0 Å². The summed E-state index contributed by atoms with van der Waals surface area (Å²) in [5, 5.41) is 7.28. The Morgan fingerprint density at radius 1 is 1.29 bits per heavy atom. The summed E-state index contributed by atoms with van der Waals surface area (Å²) in [6, 6.07) is 7.37. The van der Waals surface area contributed by atoms with Gasteiger partial charge in [-0.05, 0) is 19.9 Å². The van der Waals surface area contributed by atoms with Crippen LogP contribution in [-0.4, -0.2) is 27.2 Å². The van der Waals surface area contributed by atoms with E-state index < -0.39 is 0 Å². The van der Waals surface area contributed by atoms with Crippen LogP contribution in [0.2, 0.25) is 0 Å². The molecule has 24 heavy (non-hydrogen) atoms. The molecule has 7 heteroatoms. The highest BCUT2D eigenvalue weighted by Gasteiger charge is 2.17. The van der Waals surface area contributed by atoms with Crippen molar-refractivity contribution in [3.63, 3.8) is 0 Å². The van der Waals surface area contributed by atoms with Crippen LogP contribution in [0.15, 0.2) is 33.6 Å². The molecule has 0 aliphatic carbocycles. The molecule has 1 N–H and O–H groups in total. The first-order chi connectivity index (χ1) is 11.5. The van der Waals surface area contributed by atoms with E-state index in [1.54, 1.807) is 25.5 Å². The van der Waals surface area contributed by atoms with Crippen molar-refractivity contribution in [2.24, 2.45) is 7.05 Å². The van der Waals surface area contributed by atoms with E-state index in [0.717, 1.165) is 10.9 Å². The van der Waals surface area contributed by atoms with Crippen LogP contribution in [0.3, 0.4) is 0 Å². The fraction of sp³-hybridized carbons (Fsp3) is 0.294. The van der Waals surface area contributed by atoms with Crippen molar-refractivity contribution < 1.29 is 9.32 Å². The van der Waals surface area contributed by atoms with Gasteiger partial charge in [-0.3, -0.25) is 9.59 Å². The SMILES string of the molecule is Cc1noc(CCNC(=O)c2c(C)c(=O)n(C)c3ccccc23)n1. The topological polar surface area (TPSA) is 90.0 Å². The predicted molar refractivity (Wildman–Crippen MR) is 89.0 cm³/mol. The second-order valence-electron chi connectivity index (χ2n) is 5.62. The Hall–Kier alpha value is -2.96. The molecule has 0 unspecified atom stereocenters. The molecular weight excluding hydrogens is 308 g/mol. The molecule has 0 radical (unpaired) electrons. The van der Waals surface area contributed by atoms with E-state index >= 15 is 0 Å². The van der Waals surface area contributed by atoms with Crippen LogP contribution in [0.4, 0.5) is 0 Å². The van der Waals surface area contributed by atoms with Crippen LogP contribution in [0, 0.1) is 13.8 Å². The number of hydrogen-bond donors (Lipinski definition) is 1. The van der Waals surface area contributed by atoms with Gasteiger partial charge in [0.15, 0.2) is 5.82 Å². The van der Waals surface area contributed by atoms with E-state index in [2.05, 4.69) is 15.5 Å². The summed E-state index contributed by atoms with van der Waals surface area (Å²) in [4.78, 5) is 29.1. The van der Waals surface area contributed by atoms with Gasteiger partial charge in [0.1, 0.15) is 0 Å². The van der Waals surface area contributed by atoms with Gasteiger partial charge in [0.05, 0.1) is 11.1 Å². The minimum absolute atomic E-state index is 0.175. The van der Waals surface area contributed by atoms with E-state index in [-0.39, 0.29) is 11.5 Å². The van der Waals surface area contributed by atoms with E-state index in [1.165, 1.54) is 0 Å². The van der Waals surface area contributed by atoms with Crippen molar-refractivity contribution in [3.8, 4) is 0 Å². The van der Waals surface area contributed by atoms with Gasteiger partial charge < -0.3 is 14.4 Å². The summed E-state index contributed by atoms with van der Waals surface area (Å²) in [6.45, 7) is 3.76. The molecule has 0 fully saturated rings. The summed E-state index contributed by atoms with van der Waals surface area (Å²) in [7, 11) is 1.71. The molecule has 3 rings (SSSR count). The molecule has 3 aromatic rings. The number of benzene rings is 1. The van der Waals surface area contributed by atoms with E-state index in [0.29, 0.717) is 35.8 Å². The van der Waals surface area contributed by atoms with Gasteiger partial charge >= 0.3 is 0 Å². The Morgan fingerprint density at radius 3 is 2.75 bits per heavy atom. The lowest BCUT2D eigenvalue weighted by Gasteiger charge is -2.13. The Labute approximate surface area is 138 Å². The van der Waals surface area contributed by atoms with Crippen LogP contribution in [0.25, 0.3) is 10.9 Å². The average molecular weight is 326 g/mol. The van der Waals surface area contributed by atoms with Gasteiger partial charge in [-0.25, -0.2) is 0 Å². The second-order valence-corrected chi connectivity index (χ2v) is 5.62. The average Bonchev–Trinajstić information content (AvgIpc) is 2.98. The number of aromatic nitrogens is 3. The summed E-state index contributed by atoms with van der Waals surface area (Å²) >= 11 is 0.